The summed E-state index contributed by atoms with van der Waals surface area (Å²) in [6.07, 6.45) is 3.55. The maximum absolute atomic E-state index is 4.48. The van der Waals surface area contributed by atoms with E-state index in [0.29, 0.717) is 0 Å². The molecule has 3 rings (SSSR count). The largest absolute Gasteiger partial charge is 0.366 e. The van der Waals surface area contributed by atoms with Crippen LogP contribution in [0.3, 0.4) is 0 Å². The molecule has 1 aliphatic heterocycles. The first kappa shape index (κ1) is 12.1. The minimum atomic E-state index is 1.01. The average molecular weight is 254 g/mol. The Morgan fingerprint density at radius 1 is 1.11 bits per heavy atom. The molecular weight excluding hydrogens is 236 g/mol. The summed E-state index contributed by atoms with van der Waals surface area (Å²) in [6, 6.07) is 8.50. The summed E-state index contributed by atoms with van der Waals surface area (Å²) in [7, 11) is 0. The number of aryl methyl sites for hydroxylation is 1. The van der Waals surface area contributed by atoms with Crippen molar-refractivity contribution < 1.29 is 0 Å². The van der Waals surface area contributed by atoms with Crippen molar-refractivity contribution in [3.8, 4) is 11.3 Å². The van der Waals surface area contributed by atoms with Crippen molar-refractivity contribution in [1.29, 1.82) is 0 Å². The maximum Gasteiger partial charge on any atom is 0.116 e. The number of hydrogen-bond acceptors (Lipinski definition) is 4. The summed E-state index contributed by atoms with van der Waals surface area (Å²) in [5.74, 6) is 0. The Labute approximate surface area is 113 Å². The normalized spacial score (nSPS) is 15.5. The molecule has 2 heterocycles. The SMILES string of the molecule is Cc1ccc(-c2ncncc2N2CCNCC2)cc1. The van der Waals surface area contributed by atoms with Gasteiger partial charge in [0.25, 0.3) is 0 Å². The molecule has 1 aromatic heterocycles. The van der Waals surface area contributed by atoms with Crippen LogP contribution in [0.4, 0.5) is 5.69 Å². The lowest BCUT2D eigenvalue weighted by Gasteiger charge is -2.30. The van der Waals surface area contributed by atoms with Gasteiger partial charge in [-0.15, -0.1) is 0 Å². The van der Waals surface area contributed by atoms with E-state index in [2.05, 4.69) is 51.4 Å². The van der Waals surface area contributed by atoms with Gasteiger partial charge in [-0.05, 0) is 6.92 Å². The Kier molecular flexibility index (Phi) is 3.42. The molecule has 0 atom stereocenters. The molecule has 0 radical (unpaired) electrons. The van der Waals surface area contributed by atoms with Gasteiger partial charge >= 0.3 is 0 Å². The molecule has 0 bridgehead atoms. The minimum Gasteiger partial charge on any atom is -0.366 e. The fourth-order valence-electron chi connectivity index (χ4n) is 2.39. The Morgan fingerprint density at radius 2 is 1.84 bits per heavy atom. The third-order valence-electron chi connectivity index (χ3n) is 3.48. The maximum atomic E-state index is 4.48. The standard InChI is InChI=1S/C15H18N4/c1-12-2-4-13(5-3-12)15-14(10-17-11-18-15)19-8-6-16-7-9-19/h2-5,10-11,16H,6-9H2,1H3. The summed E-state index contributed by atoms with van der Waals surface area (Å²) in [6.45, 7) is 6.14. The van der Waals surface area contributed by atoms with E-state index in [-0.39, 0.29) is 0 Å². The van der Waals surface area contributed by atoms with Crippen LogP contribution in [0.25, 0.3) is 11.3 Å². The molecular formula is C15H18N4. The van der Waals surface area contributed by atoms with Crippen LogP contribution in [0.1, 0.15) is 5.56 Å². The third-order valence-corrected chi connectivity index (χ3v) is 3.48. The summed E-state index contributed by atoms with van der Waals surface area (Å²) >= 11 is 0. The van der Waals surface area contributed by atoms with Gasteiger partial charge in [0.15, 0.2) is 0 Å². The number of piperazine rings is 1. The Bertz CT molecular complexity index is 544. The van der Waals surface area contributed by atoms with Gasteiger partial charge in [0.2, 0.25) is 0 Å². The van der Waals surface area contributed by atoms with Crippen LogP contribution < -0.4 is 10.2 Å². The molecule has 2 aromatic rings. The lowest BCUT2D eigenvalue weighted by atomic mass is 10.1. The fourth-order valence-corrected chi connectivity index (χ4v) is 2.39. The molecule has 1 fully saturated rings. The van der Waals surface area contributed by atoms with Gasteiger partial charge in [0, 0.05) is 31.7 Å². The first-order chi connectivity index (χ1) is 9.34. The van der Waals surface area contributed by atoms with Gasteiger partial charge in [0.1, 0.15) is 6.33 Å². The second-order valence-corrected chi connectivity index (χ2v) is 4.86. The predicted molar refractivity (Wildman–Crippen MR) is 77.3 cm³/mol. The van der Waals surface area contributed by atoms with Crippen molar-refractivity contribution >= 4 is 5.69 Å². The molecule has 0 spiro atoms. The van der Waals surface area contributed by atoms with Crippen LogP contribution >= 0.6 is 0 Å². The average Bonchev–Trinajstić information content (AvgIpc) is 2.49. The zero-order valence-corrected chi connectivity index (χ0v) is 11.1. The van der Waals surface area contributed by atoms with Crippen LogP contribution in [-0.4, -0.2) is 36.1 Å². The predicted octanol–water partition coefficient (Wildman–Crippen LogP) is 1.86. The molecule has 1 aromatic carbocycles. The lowest BCUT2D eigenvalue weighted by Crippen LogP contribution is -2.43. The van der Waals surface area contributed by atoms with Crippen molar-refractivity contribution in [2.75, 3.05) is 31.1 Å². The first-order valence-corrected chi connectivity index (χ1v) is 6.67. The van der Waals surface area contributed by atoms with Crippen molar-refractivity contribution in [3.63, 3.8) is 0 Å². The smallest absolute Gasteiger partial charge is 0.116 e. The van der Waals surface area contributed by atoms with Gasteiger partial charge in [-0.2, -0.15) is 0 Å². The van der Waals surface area contributed by atoms with Crippen molar-refractivity contribution in [3.05, 3.63) is 42.4 Å². The molecule has 0 aliphatic carbocycles. The minimum absolute atomic E-state index is 1.01. The van der Waals surface area contributed by atoms with Crippen LogP contribution in [0.5, 0.6) is 0 Å². The topological polar surface area (TPSA) is 41.1 Å². The molecule has 0 amide bonds. The molecule has 1 N–H and O–H groups in total. The molecule has 1 aliphatic rings. The summed E-state index contributed by atoms with van der Waals surface area (Å²) < 4.78 is 0. The summed E-state index contributed by atoms with van der Waals surface area (Å²) in [5, 5.41) is 3.37. The number of nitrogens with zero attached hydrogens (tertiary/aromatic N) is 3. The van der Waals surface area contributed by atoms with Crippen LogP contribution in [0.15, 0.2) is 36.8 Å². The van der Waals surface area contributed by atoms with Crippen LogP contribution in [0.2, 0.25) is 0 Å². The second-order valence-electron chi connectivity index (χ2n) is 4.86. The van der Waals surface area contributed by atoms with Gasteiger partial charge in [-0.3, -0.25) is 0 Å². The number of hydrogen-bond donors (Lipinski definition) is 1. The molecule has 1 saturated heterocycles. The van der Waals surface area contributed by atoms with E-state index in [1.54, 1.807) is 6.33 Å². The van der Waals surface area contributed by atoms with Crippen LogP contribution in [0, 0.1) is 6.92 Å². The third kappa shape index (κ3) is 2.58. The monoisotopic (exact) mass is 254 g/mol. The fraction of sp³-hybridized carbons (Fsp3) is 0.333. The van der Waals surface area contributed by atoms with Crippen molar-refractivity contribution in [1.82, 2.24) is 15.3 Å². The van der Waals surface area contributed by atoms with E-state index in [9.17, 15) is 0 Å². The quantitative estimate of drug-likeness (QED) is 0.888. The van der Waals surface area contributed by atoms with Gasteiger partial charge in [-0.1, -0.05) is 29.8 Å². The molecule has 98 valence electrons. The van der Waals surface area contributed by atoms with E-state index >= 15 is 0 Å². The van der Waals surface area contributed by atoms with E-state index in [1.807, 2.05) is 6.20 Å². The zero-order chi connectivity index (χ0) is 13.1. The molecule has 4 heteroatoms. The number of rotatable bonds is 2. The summed E-state index contributed by atoms with van der Waals surface area (Å²) in [5.41, 5.74) is 4.58. The number of anilines is 1. The second kappa shape index (κ2) is 5.36. The van der Waals surface area contributed by atoms with Gasteiger partial charge < -0.3 is 10.2 Å². The van der Waals surface area contributed by atoms with Gasteiger partial charge in [-0.25, -0.2) is 9.97 Å². The zero-order valence-electron chi connectivity index (χ0n) is 11.1. The Balaban J connectivity index is 1.98. The Morgan fingerprint density at radius 3 is 2.58 bits per heavy atom. The van der Waals surface area contributed by atoms with Crippen molar-refractivity contribution in [2.45, 2.75) is 6.92 Å². The molecule has 19 heavy (non-hydrogen) atoms. The highest BCUT2D eigenvalue weighted by Crippen LogP contribution is 2.28. The summed E-state index contributed by atoms with van der Waals surface area (Å²) in [4.78, 5) is 11.0. The van der Waals surface area contributed by atoms with Crippen molar-refractivity contribution in [2.24, 2.45) is 0 Å². The lowest BCUT2D eigenvalue weighted by molar-refractivity contribution is 0.588. The van der Waals surface area contributed by atoms with E-state index in [4.69, 9.17) is 0 Å². The molecule has 0 saturated carbocycles. The molecule has 0 unspecified atom stereocenters. The molecule has 4 nitrogen and oxygen atoms in total. The van der Waals surface area contributed by atoms with E-state index < -0.39 is 0 Å². The van der Waals surface area contributed by atoms with Gasteiger partial charge in [0.05, 0.1) is 17.6 Å². The highest BCUT2D eigenvalue weighted by molar-refractivity contribution is 5.74. The van der Waals surface area contributed by atoms with Crippen LogP contribution in [-0.2, 0) is 0 Å². The first-order valence-electron chi connectivity index (χ1n) is 6.67. The highest BCUT2D eigenvalue weighted by atomic mass is 15.2. The number of nitrogens with one attached hydrogen (secondary N) is 1. The Hall–Kier alpha value is -1.94. The number of benzene rings is 1. The van der Waals surface area contributed by atoms with E-state index in [1.165, 1.54) is 5.56 Å². The van der Waals surface area contributed by atoms with E-state index in [0.717, 1.165) is 43.1 Å². The number of aromatic nitrogens is 2. The highest BCUT2D eigenvalue weighted by Gasteiger charge is 2.16.